The van der Waals surface area contributed by atoms with Crippen molar-refractivity contribution < 1.29 is 19.8 Å². The number of fused-ring (bicyclic) bond motifs is 1. The number of aliphatic hydroxyl groups excluding tert-OH is 1. The van der Waals surface area contributed by atoms with Crippen LogP contribution in [0.1, 0.15) is 26.6 Å². The van der Waals surface area contributed by atoms with Crippen molar-refractivity contribution in [2.75, 3.05) is 0 Å². The van der Waals surface area contributed by atoms with Crippen molar-refractivity contribution in [2.24, 2.45) is 0 Å². The highest BCUT2D eigenvalue weighted by Crippen LogP contribution is 2.25. The molecule has 2 heterocycles. The molecule has 0 unspecified atom stereocenters. The predicted molar refractivity (Wildman–Crippen MR) is 79.5 cm³/mol. The molecule has 1 aliphatic rings. The SMILES string of the molecule is O=C(O)[C@@H]1Cc2ccccc2CN1C(=O)c1csc(CO)n1. The van der Waals surface area contributed by atoms with Gasteiger partial charge in [-0.05, 0) is 11.1 Å². The van der Waals surface area contributed by atoms with Gasteiger partial charge in [0, 0.05) is 18.3 Å². The van der Waals surface area contributed by atoms with Gasteiger partial charge in [-0.3, -0.25) is 4.79 Å². The lowest BCUT2D eigenvalue weighted by atomic mass is 9.94. The number of hydrogen-bond acceptors (Lipinski definition) is 5. The van der Waals surface area contributed by atoms with Crippen LogP contribution in [-0.4, -0.2) is 38.0 Å². The number of aliphatic hydroxyl groups is 1. The third-order valence-electron chi connectivity index (χ3n) is 3.70. The van der Waals surface area contributed by atoms with Gasteiger partial charge in [0.05, 0.1) is 6.61 Å². The number of nitrogens with zero attached hydrogens (tertiary/aromatic N) is 2. The largest absolute Gasteiger partial charge is 0.480 e. The van der Waals surface area contributed by atoms with E-state index in [0.717, 1.165) is 11.1 Å². The van der Waals surface area contributed by atoms with E-state index in [1.54, 1.807) is 5.38 Å². The molecule has 3 rings (SSSR count). The average Bonchev–Trinajstić information content (AvgIpc) is 3.02. The molecule has 1 aliphatic heterocycles. The van der Waals surface area contributed by atoms with E-state index >= 15 is 0 Å². The Kier molecular flexibility index (Phi) is 3.91. The maximum Gasteiger partial charge on any atom is 0.326 e. The number of aromatic nitrogens is 1. The van der Waals surface area contributed by atoms with Gasteiger partial charge in [0.2, 0.25) is 0 Å². The molecule has 0 fully saturated rings. The lowest BCUT2D eigenvalue weighted by molar-refractivity contribution is -0.142. The van der Waals surface area contributed by atoms with Gasteiger partial charge in [0.15, 0.2) is 0 Å². The van der Waals surface area contributed by atoms with Crippen molar-refractivity contribution in [3.63, 3.8) is 0 Å². The standard InChI is InChI=1S/C15H14N2O4S/c18-7-13-16-11(8-22-13)14(19)17-6-10-4-2-1-3-9(10)5-12(17)15(20)21/h1-4,8,12,18H,5-7H2,(H,20,21)/t12-/m0/s1. The summed E-state index contributed by atoms with van der Waals surface area (Å²) in [6.07, 6.45) is 0.286. The molecule has 0 spiro atoms. The molecular weight excluding hydrogens is 304 g/mol. The summed E-state index contributed by atoms with van der Waals surface area (Å²) in [5, 5.41) is 20.5. The minimum absolute atomic E-state index is 0.180. The molecule has 22 heavy (non-hydrogen) atoms. The molecule has 6 nitrogen and oxygen atoms in total. The third kappa shape index (κ3) is 2.60. The molecule has 0 saturated carbocycles. The fourth-order valence-corrected chi connectivity index (χ4v) is 3.21. The van der Waals surface area contributed by atoms with Crippen LogP contribution in [0, 0.1) is 0 Å². The van der Waals surface area contributed by atoms with Crippen LogP contribution < -0.4 is 0 Å². The number of carboxylic acid groups (broad SMARTS) is 1. The van der Waals surface area contributed by atoms with Gasteiger partial charge < -0.3 is 15.1 Å². The van der Waals surface area contributed by atoms with Crippen LogP contribution in [0.15, 0.2) is 29.6 Å². The number of carboxylic acids is 1. The Balaban J connectivity index is 1.93. The number of benzene rings is 1. The molecule has 1 aromatic heterocycles. The van der Waals surface area contributed by atoms with Crippen LogP contribution in [0.2, 0.25) is 0 Å². The van der Waals surface area contributed by atoms with Gasteiger partial charge in [-0.15, -0.1) is 11.3 Å². The van der Waals surface area contributed by atoms with Gasteiger partial charge >= 0.3 is 5.97 Å². The summed E-state index contributed by atoms with van der Waals surface area (Å²) in [7, 11) is 0. The number of rotatable bonds is 3. The molecule has 1 aromatic carbocycles. The molecule has 1 atom stereocenters. The summed E-state index contributed by atoms with van der Waals surface area (Å²) in [4.78, 5) is 29.5. The molecule has 0 saturated heterocycles. The van der Waals surface area contributed by atoms with Gasteiger partial charge in [-0.1, -0.05) is 24.3 Å². The van der Waals surface area contributed by atoms with E-state index < -0.39 is 17.9 Å². The van der Waals surface area contributed by atoms with E-state index in [4.69, 9.17) is 5.11 Å². The number of carbonyl (C=O) groups is 2. The molecule has 0 radical (unpaired) electrons. The second-order valence-electron chi connectivity index (χ2n) is 5.04. The normalized spacial score (nSPS) is 17.1. The quantitative estimate of drug-likeness (QED) is 0.890. The summed E-state index contributed by atoms with van der Waals surface area (Å²) in [5.74, 6) is -1.45. The number of carbonyl (C=O) groups excluding carboxylic acids is 1. The Morgan fingerprint density at radius 3 is 2.68 bits per heavy atom. The zero-order chi connectivity index (χ0) is 15.7. The van der Waals surface area contributed by atoms with Gasteiger partial charge in [-0.2, -0.15) is 0 Å². The van der Waals surface area contributed by atoms with E-state index in [0.29, 0.717) is 5.01 Å². The van der Waals surface area contributed by atoms with Gasteiger partial charge in [0.1, 0.15) is 16.7 Å². The van der Waals surface area contributed by atoms with Gasteiger partial charge in [-0.25, -0.2) is 9.78 Å². The monoisotopic (exact) mass is 318 g/mol. The first kappa shape index (κ1) is 14.7. The zero-order valence-corrected chi connectivity index (χ0v) is 12.4. The van der Waals surface area contributed by atoms with Crippen molar-refractivity contribution in [1.82, 2.24) is 9.88 Å². The second-order valence-corrected chi connectivity index (χ2v) is 5.99. The lowest BCUT2D eigenvalue weighted by Gasteiger charge is -2.34. The number of hydrogen-bond donors (Lipinski definition) is 2. The van der Waals surface area contributed by atoms with Crippen molar-refractivity contribution in [1.29, 1.82) is 0 Å². The summed E-state index contributed by atoms with van der Waals surface area (Å²) in [5.41, 5.74) is 2.08. The maximum atomic E-state index is 12.6. The highest BCUT2D eigenvalue weighted by molar-refractivity contribution is 7.09. The number of aliphatic carboxylic acids is 1. The zero-order valence-electron chi connectivity index (χ0n) is 11.6. The minimum Gasteiger partial charge on any atom is -0.480 e. The summed E-state index contributed by atoms with van der Waals surface area (Å²) in [6.45, 7) is 0.0150. The van der Waals surface area contributed by atoms with Gasteiger partial charge in [0.25, 0.3) is 5.91 Å². The summed E-state index contributed by atoms with van der Waals surface area (Å²) >= 11 is 1.18. The van der Waals surface area contributed by atoms with Crippen molar-refractivity contribution >= 4 is 23.2 Å². The first-order valence-corrected chi connectivity index (χ1v) is 7.64. The molecule has 7 heteroatoms. The average molecular weight is 318 g/mol. The van der Waals surface area contributed by atoms with Crippen LogP contribution in [-0.2, 0) is 24.4 Å². The Morgan fingerprint density at radius 1 is 1.32 bits per heavy atom. The van der Waals surface area contributed by atoms with E-state index in [1.807, 2.05) is 24.3 Å². The Hall–Kier alpha value is -2.25. The first-order chi connectivity index (χ1) is 10.6. The predicted octanol–water partition coefficient (Wildman–Crippen LogP) is 1.29. The van der Waals surface area contributed by atoms with Crippen LogP contribution in [0.25, 0.3) is 0 Å². The molecule has 114 valence electrons. The highest BCUT2D eigenvalue weighted by atomic mass is 32.1. The van der Waals surface area contributed by atoms with Crippen molar-refractivity contribution in [3.05, 3.63) is 51.5 Å². The van der Waals surface area contributed by atoms with Crippen LogP contribution in [0.5, 0.6) is 0 Å². The third-order valence-corrected chi connectivity index (χ3v) is 4.53. The maximum absolute atomic E-state index is 12.6. The fraction of sp³-hybridized carbons (Fsp3) is 0.267. The number of amides is 1. The highest BCUT2D eigenvalue weighted by Gasteiger charge is 2.35. The fourth-order valence-electron chi connectivity index (χ4n) is 2.59. The summed E-state index contributed by atoms with van der Waals surface area (Å²) < 4.78 is 0. The Bertz CT molecular complexity index is 728. The molecule has 0 aliphatic carbocycles. The molecule has 0 bridgehead atoms. The lowest BCUT2D eigenvalue weighted by Crippen LogP contribution is -2.48. The van der Waals surface area contributed by atoms with Crippen LogP contribution in [0.4, 0.5) is 0 Å². The van der Waals surface area contributed by atoms with Crippen LogP contribution in [0.3, 0.4) is 0 Å². The topological polar surface area (TPSA) is 90.7 Å². The first-order valence-electron chi connectivity index (χ1n) is 6.76. The molecule has 2 aromatic rings. The number of thiazole rings is 1. The Labute approximate surface area is 130 Å². The van der Waals surface area contributed by atoms with E-state index in [9.17, 15) is 14.7 Å². The Morgan fingerprint density at radius 2 is 2.05 bits per heavy atom. The minimum atomic E-state index is -1.03. The molecule has 2 N–H and O–H groups in total. The van der Waals surface area contributed by atoms with E-state index in [2.05, 4.69) is 4.98 Å². The van der Waals surface area contributed by atoms with Crippen LogP contribution >= 0.6 is 11.3 Å². The molecule has 1 amide bonds. The smallest absolute Gasteiger partial charge is 0.326 e. The van der Waals surface area contributed by atoms with E-state index in [1.165, 1.54) is 16.2 Å². The van der Waals surface area contributed by atoms with E-state index in [-0.39, 0.29) is 25.3 Å². The molecular formula is C15H14N2O4S. The second kappa shape index (κ2) is 5.86. The van der Waals surface area contributed by atoms with Crippen molar-refractivity contribution in [2.45, 2.75) is 25.6 Å². The van der Waals surface area contributed by atoms with Crippen molar-refractivity contribution in [3.8, 4) is 0 Å². The summed E-state index contributed by atoms with van der Waals surface area (Å²) in [6, 6.07) is 6.62.